The number of carbonyl (C=O) groups excluding carboxylic acids is 1. The number of benzene rings is 2. The van der Waals surface area contributed by atoms with Crippen LogP contribution >= 0.6 is 0 Å². The average molecular weight is 324 g/mol. The second-order valence-corrected chi connectivity index (χ2v) is 5.89. The van der Waals surface area contributed by atoms with Gasteiger partial charge < -0.3 is 9.15 Å². The molecule has 3 rings (SSSR count). The largest absolute Gasteiger partial charge is 0.465 e. The maximum absolute atomic E-state index is 12.3. The van der Waals surface area contributed by atoms with Crippen molar-refractivity contribution in [2.75, 3.05) is 7.11 Å². The standard InChI is InChI=1S/C20H20O4/c1-3-4-5-8-13-11-16-14-9-6-7-10-18(14)24-20(22)17(16)12-15(13)19(21)23-2/h6-7,9-12H,3-5,8H2,1-2H3. The Labute approximate surface area is 140 Å². The van der Waals surface area contributed by atoms with E-state index in [9.17, 15) is 9.59 Å². The van der Waals surface area contributed by atoms with Crippen molar-refractivity contribution in [3.8, 4) is 0 Å². The van der Waals surface area contributed by atoms with E-state index in [0.717, 1.165) is 42.0 Å². The van der Waals surface area contributed by atoms with E-state index in [1.165, 1.54) is 7.11 Å². The molecule has 4 nitrogen and oxygen atoms in total. The molecular weight excluding hydrogens is 304 g/mol. The van der Waals surface area contributed by atoms with E-state index in [0.29, 0.717) is 16.5 Å². The van der Waals surface area contributed by atoms with Crippen LogP contribution in [0.3, 0.4) is 0 Å². The highest BCUT2D eigenvalue weighted by Gasteiger charge is 2.16. The third kappa shape index (κ3) is 2.92. The number of ether oxygens (including phenoxy) is 1. The number of methoxy groups -OCH3 is 1. The van der Waals surface area contributed by atoms with Gasteiger partial charge in [-0.2, -0.15) is 0 Å². The summed E-state index contributed by atoms with van der Waals surface area (Å²) >= 11 is 0. The molecule has 2 aromatic carbocycles. The molecule has 0 fully saturated rings. The van der Waals surface area contributed by atoms with Gasteiger partial charge in [-0.15, -0.1) is 0 Å². The molecule has 1 aromatic heterocycles. The van der Waals surface area contributed by atoms with Crippen LogP contribution in [0.25, 0.3) is 21.7 Å². The predicted octanol–water partition coefficient (Wildman–Crippen LogP) is 4.47. The molecule has 0 bridgehead atoms. The lowest BCUT2D eigenvalue weighted by Gasteiger charge is -2.11. The number of hydrogen-bond donors (Lipinski definition) is 0. The fourth-order valence-electron chi connectivity index (χ4n) is 3.04. The summed E-state index contributed by atoms with van der Waals surface area (Å²) in [6.07, 6.45) is 3.97. The van der Waals surface area contributed by atoms with Crippen LogP contribution in [0.4, 0.5) is 0 Å². The molecular formula is C20H20O4. The third-order valence-corrected chi connectivity index (χ3v) is 4.30. The molecule has 4 heteroatoms. The van der Waals surface area contributed by atoms with Gasteiger partial charge in [-0.3, -0.25) is 0 Å². The van der Waals surface area contributed by atoms with E-state index >= 15 is 0 Å². The van der Waals surface area contributed by atoms with E-state index in [-0.39, 0.29) is 0 Å². The van der Waals surface area contributed by atoms with Gasteiger partial charge in [0.15, 0.2) is 0 Å². The first-order valence-electron chi connectivity index (χ1n) is 8.22. The van der Waals surface area contributed by atoms with Crippen molar-refractivity contribution in [2.45, 2.75) is 32.6 Å². The molecule has 0 atom stereocenters. The van der Waals surface area contributed by atoms with Crippen molar-refractivity contribution in [3.05, 3.63) is 57.9 Å². The summed E-state index contributed by atoms with van der Waals surface area (Å²) in [5.41, 5.74) is 1.48. The van der Waals surface area contributed by atoms with Gasteiger partial charge in [0, 0.05) is 10.8 Å². The molecule has 0 unspecified atom stereocenters. The fourth-order valence-corrected chi connectivity index (χ4v) is 3.04. The highest BCUT2D eigenvalue weighted by Crippen LogP contribution is 2.27. The molecule has 0 aliphatic rings. The Balaban J connectivity index is 2.27. The number of rotatable bonds is 5. The second kappa shape index (κ2) is 6.87. The first-order chi connectivity index (χ1) is 11.7. The maximum atomic E-state index is 12.3. The van der Waals surface area contributed by atoms with Crippen LogP contribution in [0.5, 0.6) is 0 Å². The Kier molecular flexibility index (Phi) is 4.65. The first-order valence-corrected chi connectivity index (χ1v) is 8.22. The maximum Gasteiger partial charge on any atom is 0.344 e. The van der Waals surface area contributed by atoms with Crippen LogP contribution < -0.4 is 5.63 Å². The van der Waals surface area contributed by atoms with Crippen LogP contribution in [0.2, 0.25) is 0 Å². The number of hydrogen-bond acceptors (Lipinski definition) is 4. The Morgan fingerprint density at radius 1 is 1.08 bits per heavy atom. The van der Waals surface area contributed by atoms with Crippen molar-refractivity contribution in [1.82, 2.24) is 0 Å². The lowest BCUT2D eigenvalue weighted by molar-refractivity contribution is 0.0599. The average Bonchev–Trinajstić information content (AvgIpc) is 2.61. The van der Waals surface area contributed by atoms with Crippen LogP contribution in [-0.4, -0.2) is 13.1 Å². The summed E-state index contributed by atoms with van der Waals surface area (Å²) in [5, 5.41) is 2.11. The van der Waals surface area contributed by atoms with Crippen molar-refractivity contribution < 1.29 is 13.9 Å². The number of aryl methyl sites for hydroxylation is 1. The predicted molar refractivity (Wildman–Crippen MR) is 94.6 cm³/mol. The van der Waals surface area contributed by atoms with E-state index in [1.54, 1.807) is 12.1 Å². The van der Waals surface area contributed by atoms with E-state index in [4.69, 9.17) is 9.15 Å². The summed E-state index contributed by atoms with van der Waals surface area (Å²) in [6.45, 7) is 2.14. The number of para-hydroxylation sites is 1. The van der Waals surface area contributed by atoms with Crippen molar-refractivity contribution in [2.24, 2.45) is 0 Å². The SMILES string of the molecule is CCCCCc1cc2c(cc1C(=O)OC)c(=O)oc1ccccc12. The second-order valence-electron chi connectivity index (χ2n) is 5.89. The van der Waals surface area contributed by atoms with Crippen molar-refractivity contribution in [1.29, 1.82) is 0 Å². The van der Waals surface area contributed by atoms with Gasteiger partial charge in [-0.25, -0.2) is 9.59 Å². The quantitative estimate of drug-likeness (QED) is 0.301. The molecule has 3 aromatic rings. The van der Waals surface area contributed by atoms with Crippen molar-refractivity contribution >= 4 is 27.7 Å². The van der Waals surface area contributed by atoms with Crippen LogP contribution in [0.1, 0.15) is 42.1 Å². The molecule has 0 aliphatic heterocycles. The van der Waals surface area contributed by atoms with Gasteiger partial charge in [-0.05, 0) is 36.6 Å². The number of unbranched alkanes of at least 4 members (excludes halogenated alkanes) is 2. The van der Waals surface area contributed by atoms with E-state index in [2.05, 4.69) is 6.92 Å². The van der Waals surface area contributed by atoms with E-state index < -0.39 is 11.6 Å². The van der Waals surface area contributed by atoms with Gasteiger partial charge in [0.05, 0.1) is 18.1 Å². The summed E-state index contributed by atoms with van der Waals surface area (Å²) in [6, 6.07) is 11.0. The lowest BCUT2D eigenvalue weighted by Crippen LogP contribution is -2.09. The third-order valence-electron chi connectivity index (χ3n) is 4.30. The van der Waals surface area contributed by atoms with Gasteiger partial charge in [0.1, 0.15) is 5.58 Å². The summed E-state index contributed by atoms with van der Waals surface area (Å²) in [7, 11) is 1.35. The zero-order valence-corrected chi connectivity index (χ0v) is 13.9. The molecule has 124 valence electrons. The minimum atomic E-state index is -0.436. The van der Waals surface area contributed by atoms with Gasteiger partial charge >= 0.3 is 11.6 Å². The van der Waals surface area contributed by atoms with Gasteiger partial charge in [-0.1, -0.05) is 38.0 Å². The van der Waals surface area contributed by atoms with Crippen LogP contribution in [0.15, 0.2) is 45.6 Å². The number of fused-ring (bicyclic) bond motifs is 3. The zero-order valence-electron chi connectivity index (χ0n) is 13.9. The monoisotopic (exact) mass is 324 g/mol. The molecule has 0 spiro atoms. The highest BCUT2D eigenvalue weighted by atomic mass is 16.5. The molecule has 0 aliphatic carbocycles. The van der Waals surface area contributed by atoms with Crippen LogP contribution in [-0.2, 0) is 11.2 Å². The van der Waals surface area contributed by atoms with Gasteiger partial charge in [0.25, 0.3) is 0 Å². The fraction of sp³-hybridized carbons (Fsp3) is 0.300. The highest BCUT2D eigenvalue weighted by molar-refractivity contribution is 6.07. The lowest BCUT2D eigenvalue weighted by atomic mass is 9.96. The molecule has 1 heterocycles. The van der Waals surface area contributed by atoms with Gasteiger partial charge in [0.2, 0.25) is 0 Å². The Morgan fingerprint density at radius 2 is 1.88 bits per heavy atom. The van der Waals surface area contributed by atoms with E-state index in [1.807, 2.05) is 24.3 Å². The summed E-state index contributed by atoms with van der Waals surface area (Å²) < 4.78 is 10.3. The molecule has 0 radical (unpaired) electrons. The summed E-state index contributed by atoms with van der Waals surface area (Å²) in [5.74, 6) is -0.420. The minimum absolute atomic E-state index is 0.411. The molecule has 0 amide bonds. The molecule has 0 saturated heterocycles. The molecule has 0 N–H and O–H groups in total. The minimum Gasteiger partial charge on any atom is -0.465 e. The zero-order chi connectivity index (χ0) is 17.1. The van der Waals surface area contributed by atoms with Crippen molar-refractivity contribution in [3.63, 3.8) is 0 Å². The Hall–Kier alpha value is -2.62. The first kappa shape index (κ1) is 16.2. The topological polar surface area (TPSA) is 56.5 Å². The number of esters is 1. The normalized spacial score (nSPS) is 11.1. The Morgan fingerprint density at radius 3 is 2.62 bits per heavy atom. The smallest absolute Gasteiger partial charge is 0.344 e. The van der Waals surface area contributed by atoms with Crippen LogP contribution in [0, 0.1) is 0 Å². The molecule has 0 saturated carbocycles. The summed E-state index contributed by atoms with van der Waals surface area (Å²) in [4.78, 5) is 24.4. The Bertz CT molecular complexity index is 953. The number of carbonyl (C=O) groups is 1. The molecule has 24 heavy (non-hydrogen) atoms.